The lowest BCUT2D eigenvalue weighted by Gasteiger charge is -2.16. The molecule has 3 aromatic rings. The Labute approximate surface area is 192 Å². The number of hydrazine groups is 1. The summed E-state index contributed by atoms with van der Waals surface area (Å²) < 4.78 is 30.4. The summed E-state index contributed by atoms with van der Waals surface area (Å²) >= 11 is 0. The maximum atomic E-state index is 13.0. The number of hydrogen-bond donors (Lipinski definition) is 4. The van der Waals surface area contributed by atoms with Gasteiger partial charge in [0.05, 0.1) is 10.6 Å². The molecule has 1 aromatic heterocycles. The first kappa shape index (κ1) is 23.7. The molecule has 0 fully saturated rings. The number of nitrogens with zero attached hydrogens (tertiary/aromatic N) is 1. The Kier molecular flexibility index (Phi) is 7.29. The number of amides is 2. The zero-order valence-electron chi connectivity index (χ0n) is 18.5. The van der Waals surface area contributed by atoms with E-state index < -0.39 is 10.0 Å². The number of benzene rings is 2. The minimum absolute atomic E-state index is 0.0659. The SMILES string of the molecule is Cc1cc[n+](CC(=O)Nc2c(C)ccc(S(=O)(=O)Nc3ccc(NNC=O)cc3)c2C)cc1. The van der Waals surface area contributed by atoms with Crippen LogP contribution in [-0.4, -0.2) is 20.7 Å². The van der Waals surface area contributed by atoms with E-state index in [0.717, 1.165) is 11.1 Å². The van der Waals surface area contributed by atoms with Crippen LogP contribution >= 0.6 is 0 Å². The third kappa shape index (κ3) is 6.07. The molecule has 10 heteroatoms. The maximum Gasteiger partial charge on any atom is 0.290 e. The summed E-state index contributed by atoms with van der Waals surface area (Å²) in [5.41, 5.74) is 8.65. The summed E-state index contributed by atoms with van der Waals surface area (Å²) in [5, 5.41) is 2.85. The molecule has 3 rings (SSSR count). The molecule has 2 aromatic carbocycles. The van der Waals surface area contributed by atoms with E-state index in [1.54, 1.807) is 41.8 Å². The fourth-order valence-corrected chi connectivity index (χ4v) is 4.55. The van der Waals surface area contributed by atoms with Gasteiger partial charge in [0, 0.05) is 23.5 Å². The van der Waals surface area contributed by atoms with Crippen molar-refractivity contribution < 1.29 is 22.6 Å². The molecule has 0 bridgehead atoms. The van der Waals surface area contributed by atoms with E-state index in [9.17, 15) is 18.0 Å². The van der Waals surface area contributed by atoms with Gasteiger partial charge in [0.2, 0.25) is 13.0 Å². The molecule has 0 saturated heterocycles. The number of aromatic nitrogens is 1. The van der Waals surface area contributed by atoms with Crippen LogP contribution in [0.5, 0.6) is 0 Å². The molecule has 0 radical (unpaired) electrons. The predicted molar refractivity (Wildman–Crippen MR) is 126 cm³/mol. The summed E-state index contributed by atoms with van der Waals surface area (Å²) in [5.74, 6) is -0.260. The van der Waals surface area contributed by atoms with Crippen molar-refractivity contribution >= 4 is 39.4 Å². The topological polar surface area (TPSA) is 120 Å². The van der Waals surface area contributed by atoms with Gasteiger partial charge in [-0.05, 0) is 67.8 Å². The third-order valence-electron chi connectivity index (χ3n) is 4.97. The van der Waals surface area contributed by atoms with Gasteiger partial charge in [-0.3, -0.25) is 25.2 Å². The minimum atomic E-state index is -3.91. The van der Waals surface area contributed by atoms with Crippen molar-refractivity contribution in [3.63, 3.8) is 0 Å². The summed E-state index contributed by atoms with van der Waals surface area (Å²) in [6.07, 6.45) is 4.12. The number of carbonyl (C=O) groups excluding carboxylic acids is 2. The highest BCUT2D eigenvalue weighted by Crippen LogP contribution is 2.28. The van der Waals surface area contributed by atoms with Crippen LogP contribution in [-0.2, 0) is 26.2 Å². The zero-order chi connectivity index (χ0) is 24.0. The van der Waals surface area contributed by atoms with Gasteiger partial charge < -0.3 is 5.32 Å². The highest BCUT2D eigenvalue weighted by atomic mass is 32.2. The standard InChI is InChI=1S/C23H25N5O4S/c1-16-10-12-28(13-11-16)14-22(30)25-23-17(2)4-9-21(18(23)3)33(31,32)27-20-7-5-19(6-8-20)26-24-15-29/h4-13,15,26-27H,14H2,1-3H3,(H-,24,25,29,30)/p+1. The first-order valence-electron chi connectivity index (χ1n) is 10.1. The van der Waals surface area contributed by atoms with Crippen molar-refractivity contribution in [1.29, 1.82) is 0 Å². The monoisotopic (exact) mass is 468 g/mol. The minimum Gasteiger partial charge on any atom is -0.320 e. The predicted octanol–water partition coefficient (Wildman–Crippen LogP) is 2.41. The third-order valence-corrected chi connectivity index (χ3v) is 6.50. The van der Waals surface area contributed by atoms with Gasteiger partial charge in [-0.15, -0.1) is 0 Å². The van der Waals surface area contributed by atoms with Gasteiger partial charge in [-0.1, -0.05) is 6.07 Å². The fourth-order valence-electron chi connectivity index (χ4n) is 3.24. The Morgan fingerprint density at radius 2 is 1.58 bits per heavy atom. The number of carbonyl (C=O) groups is 2. The van der Waals surface area contributed by atoms with Crippen molar-refractivity contribution in [3.8, 4) is 0 Å². The molecule has 1 heterocycles. The van der Waals surface area contributed by atoms with Crippen LogP contribution in [0.2, 0.25) is 0 Å². The molecule has 33 heavy (non-hydrogen) atoms. The Hall–Kier alpha value is -3.92. The van der Waals surface area contributed by atoms with E-state index in [-0.39, 0.29) is 17.3 Å². The van der Waals surface area contributed by atoms with Gasteiger partial charge >= 0.3 is 0 Å². The highest BCUT2D eigenvalue weighted by molar-refractivity contribution is 7.92. The smallest absolute Gasteiger partial charge is 0.290 e. The number of pyridine rings is 1. The van der Waals surface area contributed by atoms with Gasteiger partial charge in [0.1, 0.15) is 0 Å². The van der Waals surface area contributed by atoms with Gasteiger partial charge in [0.15, 0.2) is 12.4 Å². The van der Waals surface area contributed by atoms with Gasteiger partial charge in [-0.25, -0.2) is 8.42 Å². The highest BCUT2D eigenvalue weighted by Gasteiger charge is 2.21. The van der Waals surface area contributed by atoms with Crippen LogP contribution in [0.3, 0.4) is 0 Å². The van der Waals surface area contributed by atoms with Crippen molar-refractivity contribution in [2.24, 2.45) is 0 Å². The summed E-state index contributed by atoms with van der Waals surface area (Å²) in [6, 6.07) is 13.4. The lowest BCUT2D eigenvalue weighted by Crippen LogP contribution is -2.39. The largest absolute Gasteiger partial charge is 0.320 e. The molecule has 2 amide bonds. The maximum absolute atomic E-state index is 13.0. The number of hydrogen-bond acceptors (Lipinski definition) is 5. The molecule has 0 aliphatic carbocycles. The van der Waals surface area contributed by atoms with Crippen molar-refractivity contribution in [2.75, 3.05) is 15.5 Å². The molecule has 0 spiro atoms. The number of rotatable bonds is 9. The van der Waals surface area contributed by atoms with E-state index in [1.165, 1.54) is 6.07 Å². The number of aryl methyl sites for hydroxylation is 2. The summed E-state index contributed by atoms with van der Waals surface area (Å²) in [6.45, 7) is 5.54. The summed E-state index contributed by atoms with van der Waals surface area (Å²) in [7, 11) is -3.91. The fraction of sp³-hybridized carbons (Fsp3) is 0.174. The first-order valence-corrected chi connectivity index (χ1v) is 11.6. The first-order chi connectivity index (χ1) is 15.7. The second kappa shape index (κ2) is 10.1. The number of nitrogens with one attached hydrogen (secondary N) is 4. The molecule has 4 N–H and O–H groups in total. The van der Waals surface area contributed by atoms with E-state index >= 15 is 0 Å². The van der Waals surface area contributed by atoms with Crippen LogP contribution in [0, 0.1) is 20.8 Å². The summed E-state index contributed by atoms with van der Waals surface area (Å²) in [4.78, 5) is 23.0. The van der Waals surface area contributed by atoms with Crippen LogP contribution in [0.4, 0.5) is 17.1 Å². The number of anilines is 3. The van der Waals surface area contributed by atoms with E-state index in [1.807, 2.05) is 38.4 Å². The van der Waals surface area contributed by atoms with E-state index in [0.29, 0.717) is 29.0 Å². The lowest BCUT2D eigenvalue weighted by molar-refractivity contribution is -0.684. The van der Waals surface area contributed by atoms with Crippen molar-refractivity contribution in [3.05, 3.63) is 77.6 Å². The van der Waals surface area contributed by atoms with Crippen LogP contribution in [0.25, 0.3) is 0 Å². The molecule has 0 saturated carbocycles. The van der Waals surface area contributed by atoms with Gasteiger partial charge in [-0.2, -0.15) is 4.57 Å². The second-order valence-electron chi connectivity index (χ2n) is 7.55. The molecular weight excluding hydrogens is 442 g/mol. The molecular formula is C23H26N5O4S+. The molecule has 0 aliphatic rings. The average molecular weight is 469 g/mol. The van der Waals surface area contributed by atoms with E-state index in [2.05, 4.69) is 20.9 Å². The van der Waals surface area contributed by atoms with Crippen LogP contribution < -0.4 is 25.5 Å². The average Bonchev–Trinajstić information content (AvgIpc) is 2.77. The van der Waals surface area contributed by atoms with Gasteiger partial charge in [0.25, 0.3) is 15.9 Å². The van der Waals surface area contributed by atoms with Crippen LogP contribution in [0.15, 0.2) is 65.8 Å². The molecule has 172 valence electrons. The normalized spacial score (nSPS) is 10.9. The van der Waals surface area contributed by atoms with E-state index in [4.69, 9.17) is 0 Å². The van der Waals surface area contributed by atoms with Crippen molar-refractivity contribution in [2.45, 2.75) is 32.2 Å². The molecule has 0 unspecified atom stereocenters. The Bertz CT molecular complexity index is 1260. The second-order valence-corrected chi connectivity index (χ2v) is 9.20. The Morgan fingerprint density at radius 1 is 0.939 bits per heavy atom. The Morgan fingerprint density at radius 3 is 2.21 bits per heavy atom. The Balaban J connectivity index is 1.79. The lowest BCUT2D eigenvalue weighted by atomic mass is 10.1. The molecule has 9 nitrogen and oxygen atoms in total. The number of sulfonamides is 1. The quantitative estimate of drug-likeness (QED) is 0.218. The van der Waals surface area contributed by atoms with Crippen molar-refractivity contribution in [1.82, 2.24) is 5.43 Å². The molecule has 0 aliphatic heterocycles. The van der Waals surface area contributed by atoms with Crippen LogP contribution in [0.1, 0.15) is 16.7 Å². The zero-order valence-corrected chi connectivity index (χ0v) is 19.4. The molecule has 0 atom stereocenters.